The van der Waals surface area contributed by atoms with Gasteiger partial charge in [0, 0.05) is 75.7 Å². The highest BCUT2D eigenvalue weighted by Crippen LogP contribution is 2.41. The number of nitrogens with zero attached hydrogens (tertiary/aromatic N) is 3. The van der Waals surface area contributed by atoms with Gasteiger partial charge in [0.05, 0.1) is 4.92 Å². The van der Waals surface area contributed by atoms with E-state index in [4.69, 9.17) is 0 Å². The van der Waals surface area contributed by atoms with Crippen molar-refractivity contribution in [1.29, 1.82) is 0 Å². The Morgan fingerprint density at radius 2 is 1.38 bits per heavy atom. The smallest absolute Gasteiger partial charge is 0.269 e. The van der Waals surface area contributed by atoms with Crippen LogP contribution < -0.4 is 4.90 Å². The summed E-state index contributed by atoms with van der Waals surface area (Å²) in [5.74, 6) is -0.0391. The minimum Gasteiger partial charge on any atom is -0.508 e. The Labute approximate surface area is 244 Å². The van der Waals surface area contributed by atoms with Crippen LogP contribution in [0.1, 0.15) is 26.3 Å². The van der Waals surface area contributed by atoms with E-state index in [-0.39, 0.29) is 28.9 Å². The molecule has 210 valence electrons. The molecule has 1 aromatic heterocycles. The molecular weight excluding hydrogens is 554 g/mol. The van der Waals surface area contributed by atoms with Gasteiger partial charge in [0.1, 0.15) is 11.5 Å². The standard InChI is InChI=1S/C32H25N3O6S/c36-25-11-5-21(6-12-25)31-29(27-14-13-26(37)19-28(27)42-31)30(38)20-1-7-23(8-2-20)33-15-17-34(18-16-33)32(39)22-3-9-24(10-4-22)35(40)41/h1-14,19,36-37H,15-18H2. The highest BCUT2D eigenvalue weighted by atomic mass is 32.1. The van der Waals surface area contributed by atoms with E-state index >= 15 is 0 Å². The molecule has 0 unspecified atom stereocenters. The molecule has 0 spiro atoms. The highest BCUT2D eigenvalue weighted by Gasteiger charge is 2.25. The molecular formula is C32H25N3O6S. The molecule has 4 aromatic carbocycles. The van der Waals surface area contributed by atoms with Crippen molar-refractivity contribution in [2.24, 2.45) is 0 Å². The summed E-state index contributed by atoms with van der Waals surface area (Å²) in [6.07, 6.45) is 0. The van der Waals surface area contributed by atoms with Gasteiger partial charge in [-0.1, -0.05) is 0 Å². The van der Waals surface area contributed by atoms with Crippen LogP contribution >= 0.6 is 11.3 Å². The second kappa shape index (κ2) is 11.0. The number of non-ortho nitro benzene ring substituents is 1. The van der Waals surface area contributed by atoms with Crippen molar-refractivity contribution < 1.29 is 24.7 Å². The Balaban J connectivity index is 1.19. The first-order valence-corrected chi connectivity index (χ1v) is 14.1. The maximum atomic E-state index is 13.9. The molecule has 9 nitrogen and oxygen atoms in total. The predicted molar refractivity (Wildman–Crippen MR) is 162 cm³/mol. The molecule has 1 saturated heterocycles. The molecule has 0 saturated carbocycles. The quantitative estimate of drug-likeness (QED) is 0.142. The van der Waals surface area contributed by atoms with E-state index < -0.39 is 4.92 Å². The fourth-order valence-electron chi connectivity index (χ4n) is 5.17. The largest absolute Gasteiger partial charge is 0.508 e. The topological polar surface area (TPSA) is 124 Å². The van der Waals surface area contributed by atoms with Crippen molar-refractivity contribution in [1.82, 2.24) is 4.90 Å². The van der Waals surface area contributed by atoms with Gasteiger partial charge in [0.2, 0.25) is 0 Å². The Morgan fingerprint density at radius 1 is 0.762 bits per heavy atom. The summed E-state index contributed by atoms with van der Waals surface area (Å²) < 4.78 is 0.791. The normalized spacial score (nSPS) is 13.3. The Bertz CT molecular complexity index is 1810. The van der Waals surface area contributed by atoms with Gasteiger partial charge in [0.15, 0.2) is 5.78 Å². The lowest BCUT2D eigenvalue weighted by Gasteiger charge is -2.36. The second-order valence-electron chi connectivity index (χ2n) is 9.99. The fraction of sp³-hybridized carbons (Fsp3) is 0.125. The third-order valence-corrected chi connectivity index (χ3v) is 8.62. The SMILES string of the molecule is O=C(c1ccc(N2CCN(C(=O)c3ccc([N+](=O)[O-])cc3)CC2)cc1)c1c(-c2ccc(O)cc2)sc2cc(O)ccc12. The monoisotopic (exact) mass is 579 g/mol. The van der Waals surface area contributed by atoms with Crippen molar-refractivity contribution in [3.63, 3.8) is 0 Å². The number of piperazine rings is 1. The molecule has 5 aromatic rings. The number of aromatic hydroxyl groups is 2. The number of carbonyl (C=O) groups is 2. The number of benzene rings is 4. The van der Waals surface area contributed by atoms with Crippen LogP contribution in [0.4, 0.5) is 11.4 Å². The summed E-state index contributed by atoms with van der Waals surface area (Å²) in [4.78, 5) is 41.8. The molecule has 1 aliphatic rings. The lowest BCUT2D eigenvalue weighted by atomic mass is 9.97. The fourth-order valence-corrected chi connectivity index (χ4v) is 6.41. The number of hydrogen-bond donors (Lipinski definition) is 2. The van der Waals surface area contributed by atoms with E-state index in [9.17, 15) is 29.9 Å². The molecule has 10 heteroatoms. The van der Waals surface area contributed by atoms with Gasteiger partial charge in [-0.05, 0) is 84.4 Å². The number of fused-ring (bicyclic) bond motifs is 1. The zero-order chi connectivity index (χ0) is 29.4. The van der Waals surface area contributed by atoms with Crippen LogP contribution in [-0.4, -0.2) is 57.9 Å². The van der Waals surface area contributed by atoms with Crippen LogP contribution in [0.3, 0.4) is 0 Å². The molecule has 0 atom stereocenters. The highest BCUT2D eigenvalue weighted by molar-refractivity contribution is 7.22. The molecule has 2 N–H and O–H groups in total. The number of ketones is 1. The van der Waals surface area contributed by atoms with Crippen molar-refractivity contribution >= 4 is 44.5 Å². The summed E-state index contributed by atoms with van der Waals surface area (Å²) >= 11 is 1.42. The molecule has 1 amide bonds. The van der Waals surface area contributed by atoms with E-state index in [1.807, 2.05) is 12.1 Å². The Kier molecular flexibility index (Phi) is 7.05. The first-order chi connectivity index (χ1) is 20.3. The van der Waals surface area contributed by atoms with Crippen molar-refractivity contribution in [3.05, 3.63) is 118 Å². The Hall–Kier alpha value is -5.22. The number of phenolic OH excluding ortho intramolecular Hbond substituents is 2. The third kappa shape index (κ3) is 5.15. The third-order valence-electron chi connectivity index (χ3n) is 7.42. The molecule has 2 heterocycles. The van der Waals surface area contributed by atoms with Crippen LogP contribution in [0, 0.1) is 10.1 Å². The minimum atomic E-state index is -0.491. The van der Waals surface area contributed by atoms with Crippen LogP contribution in [0.2, 0.25) is 0 Å². The summed E-state index contributed by atoms with van der Waals surface area (Å²) in [7, 11) is 0. The van der Waals surface area contributed by atoms with Crippen molar-refractivity contribution in [3.8, 4) is 21.9 Å². The van der Waals surface area contributed by atoms with Crippen LogP contribution in [0.25, 0.3) is 20.5 Å². The van der Waals surface area contributed by atoms with Gasteiger partial charge < -0.3 is 20.0 Å². The second-order valence-corrected chi connectivity index (χ2v) is 11.0. The number of nitro benzene ring substituents is 1. The zero-order valence-electron chi connectivity index (χ0n) is 22.3. The van der Waals surface area contributed by atoms with Gasteiger partial charge in [-0.15, -0.1) is 11.3 Å². The van der Waals surface area contributed by atoms with Crippen molar-refractivity contribution in [2.75, 3.05) is 31.1 Å². The van der Waals surface area contributed by atoms with E-state index in [1.165, 1.54) is 35.6 Å². The predicted octanol–water partition coefficient (Wildman–Crippen LogP) is 6.08. The van der Waals surface area contributed by atoms with Crippen LogP contribution in [-0.2, 0) is 0 Å². The lowest BCUT2D eigenvalue weighted by Crippen LogP contribution is -2.48. The first-order valence-electron chi connectivity index (χ1n) is 13.3. The minimum absolute atomic E-state index is 0.0543. The van der Waals surface area contributed by atoms with Gasteiger partial charge in [0.25, 0.3) is 11.6 Å². The molecule has 1 aliphatic heterocycles. The van der Waals surface area contributed by atoms with Crippen LogP contribution in [0.5, 0.6) is 11.5 Å². The molecule has 0 bridgehead atoms. The number of hydrogen-bond acceptors (Lipinski definition) is 8. The van der Waals surface area contributed by atoms with Gasteiger partial charge >= 0.3 is 0 Å². The number of anilines is 1. The van der Waals surface area contributed by atoms with Gasteiger partial charge in [-0.3, -0.25) is 19.7 Å². The number of rotatable bonds is 6. The van der Waals surface area contributed by atoms with E-state index in [1.54, 1.807) is 59.5 Å². The molecule has 0 aliphatic carbocycles. The average Bonchev–Trinajstić information content (AvgIpc) is 3.39. The summed E-state index contributed by atoms with van der Waals surface area (Å²) in [6, 6.07) is 24.7. The summed E-state index contributed by atoms with van der Waals surface area (Å²) in [5, 5.41) is 31.4. The molecule has 1 fully saturated rings. The average molecular weight is 580 g/mol. The number of nitro groups is 1. The maximum absolute atomic E-state index is 13.9. The van der Waals surface area contributed by atoms with E-state index in [0.717, 1.165) is 26.2 Å². The lowest BCUT2D eigenvalue weighted by molar-refractivity contribution is -0.384. The zero-order valence-corrected chi connectivity index (χ0v) is 23.1. The van der Waals surface area contributed by atoms with Crippen molar-refractivity contribution in [2.45, 2.75) is 0 Å². The maximum Gasteiger partial charge on any atom is 0.269 e. The van der Waals surface area contributed by atoms with E-state index in [2.05, 4.69) is 4.90 Å². The molecule has 0 radical (unpaired) electrons. The Morgan fingerprint density at radius 3 is 2.02 bits per heavy atom. The van der Waals surface area contributed by atoms with Gasteiger partial charge in [-0.25, -0.2) is 0 Å². The number of phenols is 2. The van der Waals surface area contributed by atoms with E-state index in [0.29, 0.717) is 42.9 Å². The molecule has 42 heavy (non-hydrogen) atoms. The number of amides is 1. The first kappa shape index (κ1) is 27.0. The number of carbonyl (C=O) groups excluding carboxylic acids is 2. The number of thiophene rings is 1. The summed E-state index contributed by atoms with van der Waals surface area (Å²) in [6.45, 7) is 2.21. The molecule has 6 rings (SSSR count). The van der Waals surface area contributed by atoms with Gasteiger partial charge in [-0.2, -0.15) is 0 Å². The summed E-state index contributed by atoms with van der Waals surface area (Å²) in [5.41, 5.74) is 3.17. The van der Waals surface area contributed by atoms with Crippen LogP contribution in [0.15, 0.2) is 91.0 Å².